The van der Waals surface area contributed by atoms with Crippen molar-refractivity contribution in [2.75, 3.05) is 0 Å². The van der Waals surface area contributed by atoms with Gasteiger partial charge in [0.1, 0.15) is 16.6 Å². The molecule has 4 heterocycles. The van der Waals surface area contributed by atoms with Gasteiger partial charge in [0.05, 0.1) is 17.7 Å². The van der Waals surface area contributed by atoms with E-state index in [-0.39, 0.29) is 0 Å². The second kappa shape index (κ2) is 7.52. The maximum atomic E-state index is 5.59. The van der Waals surface area contributed by atoms with E-state index in [4.69, 9.17) is 9.40 Å². The minimum absolute atomic E-state index is 0.585. The third kappa shape index (κ3) is 3.38. The summed E-state index contributed by atoms with van der Waals surface area (Å²) in [5.41, 5.74) is 2.46. The Balaban J connectivity index is 1.56. The first-order chi connectivity index (χ1) is 13.8. The van der Waals surface area contributed by atoms with Crippen molar-refractivity contribution in [1.82, 2.24) is 24.7 Å². The van der Waals surface area contributed by atoms with E-state index in [1.165, 1.54) is 24.1 Å². The maximum Gasteiger partial charge on any atom is 0.198 e. The lowest BCUT2D eigenvalue weighted by Crippen LogP contribution is -2.10. The summed E-state index contributed by atoms with van der Waals surface area (Å²) in [6.07, 6.45) is 6.15. The molecule has 0 saturated heterocycles. The van der Waals surface area contributed by atoms with Crippen molar-refractivity contribution in [3.05, 3.63) is 58.8 Å². The average Bonchev–Trinajstić information content (AvgIpc) is 3.45. The molecule has 4 aromatic rings. The van der Waals surface area contributed by atoms with E-state index in [1.54, 1.807) is 29.4 Å². The van der Waals surface area contributed by atoms with Crippen LogP contribution in [0.1, 0.15) is 35.7 Å². The lowest BCUT2D eigenvalue weighted by molar-refractivity contribution is 0.485. The largest absolute Gasteiger partial charge is 0.467 e. The number of furan rings is 1. The van der Waals surface area contributed by atoms with Gasteiger partial charge in [-0.25, -0.2) is 9.97 Å². The van der Waals surface area contributed by atoms with E-state index in [0.717, 1.165) is 45.3 Å². The fourth-order valence-electron chi connectivity index (χ4n) is 3.50. The normalized spacial score (nSPS) is 13.6. The highest BCUT2D eigenvalue weighted by Crippen LogP contribution is 2.35. The van der Waals surface area contributed by atoms with Crippen molar-refractivity contribution in [2.45, 2.75) is 49.3 Å². The van der Waals surface area contributed by atoms with Gasteiger partial charge in [0, 0.05) is 11.3 Å². The molecule has 0 saturated carbocycles. The predicted octanol–water partition coefficient (Wildman–Crippen LogP) is 4.78. The second-order valence-corrected chi connectivity index (χ2v) is 8.66. The first kappa shape index (κ1) is 17.6. The topological polar surface area (TPSA) is 69.6 Å². The molecule has 0 bridgehead atoms. The Labute approximate surface area is 171 Å². The van der Waals surface area contributed by atoms with Crippen molar-refractivity contribution in [2.24, 2.45) is 0 Å². The molecule has 0 N–H and O–H groups in total. The van der Waals surface area contributed by atoms with Gasteiger partial charge in [-0.3, -0.25) is 4.57 Å². The third-order valence-corrected chi connectivity index (χ3v) is 6.68. The molecule has 28 heavy (non-hydrogen) atoms. The lowest BCUT2D eigenvalue weighted by atomic mass is 9.97. The highest BCUT2D eigenvalue weighted by atomic mass is 32.2. The van der Waals surface area contributed by atoms with Gasteiger partial charge in [-0.15, -0.1) is 21.5 Å². The molecule has 1 aliphatic carbocycles. The van der Waals surface area contributed by atoms with Crippen molar-refractivity contribution in [3.8, 4) is 10.7 Å². The molecular weight excluding hydrogens is 390 g/mol. The van der Waals surface area contributed by atoms with Crippen molar-refractivity contribution in [1.29, 1.82) is 0 Å². The number of hydrogen-bond acceptors (Lipinski definition) is 7. The van der Waals surface area contributed by atoms with Gasteiger partial charge in [0.15, 0.2) is 11.0 Å². The van der Waals surface area contributed by atoms with Crippen LogP contribution in [0.5, 0.6) is 0 Å². The number of fused-ring (bicyclic) bond motifs is 1. The van der Waals surface area contributed by atoms with Crippen LogP contribution in [0.15, 0.2) is 50.5 Å². The van der Waals surface area contributed by atoms with Gasteiger partial charge in [-0.05, 0) is 67.9 Å². The minimum Gasteiger partial charge on any atom is -0.467 e. The number of aryl methyl sites for hydroxylation is 2. The van der Waals surface area contributed by atoms with Crippen LogP contribution >= 0.6 is 23.1 Å². The van der Waals surface area contributed by atoms with Crippen LogP contribution in [0.2, 0.25) is 0 Å². The van der Waals surface area contributed by atoms with E-state index in [2.05, 4.69) is 31.2 Å². The zero-order chi connectivity index (χ0) is 18.9. The summed E-state index contributed by atoms with van der Waals surface area (Å²) in [4.78, 5) is 10.5. The minimum atomic E-state index is 0.585. The van der Waals surface area contributed by atoms with Crippen LogP contribution in [0, 0.1) is 6.92 Å². The molecule has 0 unspecified atom stereocenters. The van der Waals surface area contributed by atoms with Crippen LogP contribution in [0.4, 0.5) is 0 Å². The molecule has 6 nitrogen and oxygen atoms in total. The molecule has 0 fully saturated rings. The van der Waals surface area contributed by atoms with Crippen molar-refractivity contribution < 1.29 is 4.42 Å². The second-order valence-electron chi connectivity index (χ2n) is 6.76. The Bertz CT molecular complexity index is 1090. The Morgan fingerprint density at radius 2 is 2.07 bits per heavy atom. The van der Waals surface area contributed by atoms with Gasteiger partial charge in [-0.2, -0.15) is 0 Å². The summed E-state index contributed by atoms with van der Waals surface area (Å²) >= 11 is 3.24. The molecule has 142 valence electrons. The first-order valence-corrected chi connectivity index (χ1v) is 11.0. The summed E-state index contributed by atoms with van der Waals surface area (Å²) in [6, 6.07) is 7.98. The van der Waals surface area contributed by atoms with Crippen molar-refractivity contribution >= 4 is 23.1 Å². The fourth-order valence-corrected chi connectivity index (χ4v) is 5.26. The molecule has 0 spiro atoms. The van der Waals surface area contributed by atoms with Gasteiger partial charge >= 0.3 is 0 Å². The Hall–Kier alpha value is -2.45. The summed E-state index contributed by atoms with van der Waals surface area (Å²) in [7, 11) is 0. The molecule has 8 heteroatoms. The Kier molecular flexibility index (Phi) is 4.74. The van der Waals surface area contributed by atoms with Gasteiger partial charge in [-0.1, -0.05) is 6.07 Å². The summed E-state index contributed by atoms with van der Waals surface area (Å²) in [5, 5.41) is 12.9. The van der Waals surface area contributed by atoms with E-state index < -0.39 is 0 Å². The third-order valence-electron chi connectivity index (χ3n) is 4.80. The summed E-state index contributed by atoms with van der Waals surface area (Å²) in [6.45, 7) is 2.55. The average molecular weight is 410 g/mol. The van der Waals surface area contributed by atoms with Crippen LogP contribution in [-0.4, -0.2) is 24.7 Å². The monoisotopic (exact) mass is 409 g/mol. The number of thiophene rings is 1. The maximum absolute atomic E-state index is 5.59. The number of rotatable bonds is 5. The Morgan fingerprint density at radius 3 is 2.89 bits per heavy atom. The molecular formula is C20H19N5OS2. The molecule has 0 radical (unpaired) electrons. The van der Waals surface area contributed by atoms with E-state index >= 15 is 0 Å². The molecule has 0 atom stereocenters. The van der Waals surface area contributed by atoms with Crippen LogP contribution in [-0.2, 0) is 19.4 Å². The first-order valence-electron chi connectivity index (χ1n) is 9.31. The number of hydrogen-bond donors (Lipinski definition) is 0. The van der Waals surface area contributed by atoms with E-state index in [0.29, 0.717) is 6.54 Å². The molecule has 5 rings (SSSR count). The SMILES string of the molecule is Cc1nc2c(c(Sc3nnc(-c4cccs4)n3Cc3ccco3)n1)CCCC2. The van der Waals surface area contributed by atoms with Gasteiger partial charge in [0.25, 0.3) is 0 Å². The number of nitrogens with zero attached hydrogens (tertiary/aromatic N) is 5. The standard InChI is InChI=1S/C20H19N5OS2/c1-13-21-16-8-3-2-7-15(16)19(22-13)28-20-24-23-18(17-9-5-11-27-17)25(20)12-14-6-4-10-26-14/h4-6,9-11H,2-3,7-8,12H2,1H3. The smallest absolute Gasteiger partial charge is 0.198 e. The van der Waals surface area contributed by atoms with E-state index in [9.17, 15) is 0 Å². The molecule has 0 amide bonds. The van der Waals surface area contributed by atoms with E-state index in [1.807, 2.05) is 25.1 Å². The van der Waals surface area contributed by atoms with Crippen LogP contribution in [0.25, 0.3) is 10.7 Å². The predicted molar refractivity (Wildman–Crippen MR) is 109 cm³/mol. The fraction of sp³-hybridized carbons (Fsp3) is 0.300. The molecule has 0 aromatic carbocycles. The molecule has 1 aliphatic rings. The van der Waals surface area contributed by atoms with Crippen LogP contribution in [0.3, 0.4) is 0 Å². The summed E-state index contributed by atoms with van der Waals surface area (Å²) < 4.78 is 7.70. The highest BCUT2D eigenvalue weighted by molar-refractivity contribution is 7.99. The van der Waals surface area contributed by atoms with Gasteiger partial charge in [0.2, 0.25) is 0 Å². The van der Waals surface area contributed by atoms with Gasteiger partial charge < -0.3 is 4.42 Å². The summed E-state index contributed by atoms with van der Waals surface area (Å²) in [5.74, 6) is 2.55. The zero-order valence-electron chi connectivity index (χ0n) is 15.5. The Morgan fingerprint density at radius 1 is 1.14 bits per heavy atom. The van der Waals surface area contributed by atoms with Crippen LogP contribution < -0.4 is 0 Å². The molecule has 0 aliphatic heterocycles. The lowest BCUT2D eigenvalue weighted by Gasteiger charge is -2.18. The highest BCUT2D eigenvalue weighted by Gasteiger charge is 2.22. The quantitative estimate of drug-likeness (QED) is 0.442. The number of aromatic nitrogens is 5. The van der Waals surface area contributed by atoms with Crippen molar-refractivity contribution in [3.63, 3.8) is 0 Å². The zero-order valence-corrected chi connectivity index (χ0v) is 17.1. The molecule has 4 aromatic heterocycles.